The van der Waals surface area contributed by atoms with Gasteiger partial charge in [0.15, 0.2) is 16.7 Å². The van der Waals surface area contributed by atoms with E-state index in [9.17, 15) is 4.79 Å². The van der Waals surface area contributed by atoms with E-state index in [0.717, 1.165) is 12.4 Å². The molecular formula is C12H16N6OS. The van der Waals surface area contributed by atoms with Gasteiger partial charge in [-0.2, -0.15) is 5.10 Å². The van der Waals surface area contributed by atoms with Crippen molar-refractivity contribution in [2.75, 3.05) is 25.2 Å². The third-order valence-electron chi connectivity index (χ3n) is 2.52. The van der Waals surface area contributed by atoms with Gasteiger partial charge in [0.2, 0.25) is 0 Å². The van der Waals surface area contributed by atoms with Crippen LogP contribution < -0.4 is 10.6 Å². The number of anilines is 1. The molecule has 1 amide bonds. The summed E-state index contributed by atoms with van der Waals surface area (Å²) >= 11 is 1.45. The van der Waals surface area contributed by atoms with Crippen molar-refractivity contribution in [2.24, 2.45) is 0 Å². The van der Waals surface area contributed by atoms with Crippen molar-refractivity contribution in [1.29, 1.82) is 0 Å². The van der Waals surface area contributed by atoms with Crippen molar-refractivity contribution in [3.63, 3.8) is 0 Å². The van der Waals surface area contributed by atoms with Crippen LogP contribution in [0.2, 0.25) is 0 Å². The van der Waals surface area contributed by atoms with E-state index in [1.807, 2.05) is 13.2 Å². The minimum Gasteiger partial charge on any atom is -0.370 e. The first kappa shape index (κ1) is 14.3. The molecule has 0 bridgehead atoms. The Morgan fingerprint density at radius 1 is 1.45 bits per heavy atom. The third kappa shape index (κ3) is 3.08. The van der Waals surface area contributed by atoms with Crippen LogP contribution in [0, 0.1) is 0 Å². The molecule has 20 heavy (non-hydrogen) atoms. The standard InChI is InChI=1S/C12H16N6OS/c1-4-14-9-7-10(16-12(15-9)20-3)18-6-5-8(17-18)11(19)13-2/h5-7H,4H2,1-3H3,(H,13,19)(H,14,15,16). The topological polar surface area (TPSA) is 84.7 Å². The predicted octanol–water partition coefficient (Wildman–Crippen LogP) is 1.18. The number of thioether (sulfide) groups is 1. The Morgan fingerprint density at radius 3 is 2.90 bits per heavy atom. The lowest BCUT2D eigenvalue weighted by Crippen LogP contribution is -2.18. The highest BCUT2D eigenvalue weighted by molar-refractivity contribution is 7.98. The smallest absolute Gasteiger partial charge is 0.271 e. The van der Waals surface area contributed by atoms with Crippen LogP contribution in [0.25, 0.3) is 5.82 Å². The largest absolute Gasteiger partial charge is 0.370 e. The first-order chi connectivity index (χ1) is 9.67. The Balaban J connectivity index is 2.38. The molecule has 106 valence electrons. The highest BCUT2D eigenvalue weighted by Crippen LogP contribution is 2.16. The summed E-state index contributed by atoms with van der Waals surface area (Å²) < 4.78 is 1.56. The number of hydrogen-bond donors (Lipinski definition) is 2. The molecule has 0 aliphatic rings. The Bertz CT molecular complexity index is 612. The van der Waals surface area contributed by atoms with E-state index in [1.165, 1.54) is 11.8 Å². The van der Waals surface area contributed by atoms with Crippen molar-refractivity contribution >= 4 is 23.5 Å². The van der Waals surface area contributed by atoms with E-state index < -0.39 is 0 Å². The van der Waals surface area contributed by atoms with E-state index in [4.69, 9.17) is 0 Å². The maximum atomic E-state index is 11.5. The monoisotopic (exact) mass is 292 g/mol. The number of hydrogen-bond acceptors (Lipinski definition) is 6. The molecule has 0 unspecified atom stereocenters. The van der Waals surface area contributed by atoms with Crippen LogP contribution >= 0.6 is 11.8 Å². The zero-order chi connectivity index (χ0) is 14.5. The number of carbonyl (C=O) groups excluding carboxylic acids is 1. The van der Waals surface area contributed by atoms with E-state index in [1.54, 1.807) is 30.1 Å². The first-order valence-electron chi connectivity index (χ1n) is 6.13. The molecule has 0 aromatic carbocycles. The van der Waals surface area contributed by atoms with Crippen LogP contribution in [0.15, 0.2) is 23.5 Å². The van der Waals surface area contributed by atoms with Crippen LogP contribution in [-0.4, -0.2) is 45.5 Å². The molecule has 7 nitrogen and oxygen atoms in total. The van der Waals surface area contributed by atoms with Crippen molar-refractivity contribution < 1.29 is 4.79 Å². The van der Waals surface area contributed by atoms with Gasteiger partial charge in [-0.1, -0.05) is 11.8 Å². The molecule has 0 spiro atoms. The molecule has 0 saturated carbocycles. The Kier molecular flexibility index (Phi) is 4.57. The van der Waals surface area contributed by atoms with Crippen LogP contribution in [0.1, 0.15) is 17.4 Å². The number of amides is 1. The summed E-state index contributed by atoms with van der Waals surface area (Å²) in [7, 11) is 1.57. The van der Waals surface area contributed by atoms with Gasteiger partial charge in [-0.05, 0) is 19.2 Å². The SMILES string of the molecule is CCNc1cc(-n2ccc(C(=O)NC)n2)nc(SC)n1. The van der Waals surface area contributed by atoms with Gasteiger partial charge in [-0.15, -0.1) is 0 Å². The number of carbonyl (C=O) groups is 1. The van der Waals surface area contributed by atoms with Gasteiger partial charge in [0, 0.05) is 25.9 Å². The Morgan fingerprint density at radius 2 is 2.25 bits per heavy atom. The second-order valence-corrected chi connectivity index (χ2v) is 4.63. The van der Waals surface area contributed by atoms with Crippen molar-refractivity contribution in [3.05, 3.63) is 24.0 Å². The van der Waals surface area contributed by atoms with Crippen molar-refractivity contribution in [1.82, 2.24) is 25.1 Å². The van der Waals surface area contributed by atoms with Gasteiger partial charge in [0.25, 0.3) is 5.91 Å². The highest BCUT2D eigenvalue weighted by atomic mass is 32.2. The molecule has 0 aliphatic carbocycles. The molecule has 0 atom stereocenters. The average Bonchev–Trinajstić information content (AvgIpc) is 2.96. The highest BCUT2D eigenvalue weighted by Gasteiger charge is 2.10. The third-order valence-corrected chi connectivity index (χ3v) is 3.06. The maximum absolute atomic E-state index is 11.5. The minimum atomic E-state index is -0.227. The van der Waals surface area contributed by atoms with Gasteiger partial charge in [-0.3, -0.25) is 4.79 Å². The first-order valence-corrected chi connectivity index (χ1v) is 7.35. The fraction of sp³-hybridized carbons (Fsp3) is 0.333. The quantitative estimate of drug-likeness (QED) is 0.636. The van der Waals surface area contributed by atoms with E-state index in [0.29, 0.717) is 16.7 Å². The number of aromatic nitrogens is 4. The summed E-state index contributed by atoms with van der Waals surface area (Å²) in [5, 5.41) is 10.5. The minimum absolute atomic E-state index is 0.227. The van der Waals surface area contributed by atoms with Gasteiger partial charge in [0.1, 0.15) is 5.82 Å². The summed E-state index contributed by atoms with van der Waals surface area (Å²) in [5.74, 6) is 1.13. The van der Waals surface area contributed by atoms with Crippen molar-refractivity contribution in [2.45, 2.75) is 12.1 Å². The van der Waals surface area contributed by atoms with Crippen molar-refractivity contribution in [3.8, 4) is 5.82 Å². The lowest BCUT2D eigenvalue weighted by molar-refractivity contribution is 0.0957. The lowest BCUT2D eigenvalue weighted by Gasteiger charge is -2.07. The van der Waals surface area contributed by atoms with Crippen LogP contribution in [0.3, 0.4) is 0 Å². The Labute approximate surface area is 121 Å². The predicted molar refractivity (Wildman–Crippen MR) is 78.5 cm³/mol. The van der Waals surface area contributed by atoms with Gasteiger partial charge in [-0.25, -0.2) is 14.6 Å². The molecule has 0 fully saturated rings. The van der Waals surface area contributed by atoms with Crippen LogP contribution in [0.5, 0.6) is 0 Å². The van der Waals surface area contributed by atoms with Gasteiger partial charge in [0.05, 0.1) is 0 Å². The summed E-state index contributed by atoms with van der Waals surface area (Å²) in [6.45, 7) is 2.77. The molecule has 2 aromatic rings. The zero-order valence-electron chi connectivity index (χ0n) is 11.5. The lowest BCUT2D eigenvalue weighted by atomic mass is 10.4. The second kappa shape index (κ2) is 6.38. The fourth-order valence-corrected chi connectivity index (χ4v) is 1.97. The number of rotatable bonds is 5. The van der Waals surface area contributed by atoms with E-state index in [2.05, 4.69) is 25.7 Å². The van der Waals surface area contributed by atoms with E-state index >= 15 is 0 Å². The van der Waals surface area contributed by atoms with Gasteiger partial charge < -0.3 is 10.6 Å². The molecule has 2 heterocycles. The number of nitrogens with one attached hydrogen (secondary N) is 2. The molecular weight excluding hydrogens is 276 g/mol. The Hall–Kier alpha value is -2.09. The summed E-state index contributed by atoms with van der Waals surface area (Å²) in [6.07, 6.45) is 3.61. The van der Waals surface area contributed by atoms with Crippen LogP contribution in [0.4, 0.5) is 5.82 Å². The zero-order valence-corrected chi connectivity index (χ0v) is 12.4. The molecule has 2 rings (SSSR count). The fourth-order valence-electron chi connectivity index (χ4n) is 1.59. The summed E-state index contributed by atoms with van der Waals surface area (Å²) in [5.41, 5.74) is 0.349. The van der Waals surface area contributed by atoms with Gasteiger partial charge >= 0.3 is 0 Å². The van der Waals surface area contributed by atoms with E-state index in [-0.39, 0.29) is 5.91 Å². The maximum Gasteiger partial charge on any atom is 0.271 e. The average molecular weight is 292 g/mol. The number of nitrogens with zero attached hydrogens (tertiary/aromatic N) is 4. The normalized spacial score (nSPS) is 10.3. The molecule has 2 N–H and O–H groups in total. The summed E-state index contributed by atoms with van der Waals surface area (Å²) in [6, 6.07) is 3.44. The molecule has 8 heteroatoms. The molecule has 0 saturated heterocycles. The second-order valence-electron chi connectivity index (χ2n) is 3.85. The molecule has 0 radical (unpaired) electrons. The molecule has 0 aliphatic heterocycles. The molecule has 2 aromatic heterocycles. The van der Waals surface area contributed by atoms with Crippen LogP contribution in [-0.2, 0) is 0 Å². The summed E-state index contributed by atoms with van der Waals surface area (Å²) in [4.78, 5) is 20.2.